The zero-order valence-corrected chi connectivity index (χ0v) is 14.7. The Balaban J connectivity index is 3.06. The fraction of sp³-hybridized carbons (Fsp3) is 0.611. The summed E-state index contributed by atoms with van der Waals surface area (Å²) in [6, 6.07) is 6.25. The van der Waals surface area contributed by atoms with Gasteiger partial charge in [-0.2, -0.15) is 0 Å². The number of ether oxygens (including phenoxy) is 1. The van der Waals surface area contributed by atoms with Gasteiger partial charge in [0.2, 0.25) is 0 Å². The summed E-state index contributed by atoms with van der Waals surface area (Å²) in [5.41, 5.74) is 2.42. The van der Waals surface area contributed by atoms with Crippen LogP contribution in [-0.4, -0.2) is 39.1 Å². The van der Waals surface area contributed by atoms with Crippen LogP contribution >= 0.6 is 0 Å². The number of nitrogens with zero attached hydrogens (tertiary/aromatic N) is 2. The summed E-state index contributed by atoms with van der Waals surface area (Å²) in [7, 11) is 1.70. The summed E-state index contributed by atoms with van der Waals surface area (Å²) in [5.74, 6) is 1.13. The SMILES string of the molecule is CCN(CC)c1ccc(OC)cc1N(CC)CCCC(C)=O. The Morgan fingerprint density at radius 1 is 1.05 bits per heavy atom. The zero-order valence-electron chi connectivity index (χ0n) is 14.7. The van der Waals surface area contributed by atoms with Gasteiger partial charge < -0.3 is 19.3 Å². The first kappa shape index (κ1) is 18.3. The first-order valence-corrected chi connectivity index (χ1v) is 8.24. The molecule has 1 rings (SSSR count). The number of Topliss-reactive ketones (excluding diaryl/α,β-unsaturated/α-hetero) is 1. The van der Waals surface area contributed by atoms with Gasteiger partial charge in [0.05, 0.1) is 18.5 Å². The third kappa shape index (κ3) is 4.93. The lowest BCUT2D eigenvalue weighted by molar-refractivity contribution is -0.117. The average molecular weight is 306 g/mol. The molecule has 22 heavy (non-hydrogen) atoms. The smallest absolute Gasteiger partial charge is 0.129 e. The van der Waals surface area contributed by atoms with Gasteiger partial charge in [-0.25, -0.2) is 0 Å². The van der Waals surface area contributed by atoms with Crippen LogP contribution in [0.5, 0.6) is 5.75 Å². The van der Waals surface area contributed by atoms with Crippen molar-refractivity contribution in [3.8, 4) is 5.75 Å². The molecule has 0 saturated heterocycles. The zero-order chi connectivity index (χ0) is 16.5. The van der Waals surface area contributed by atoms with Crippen molar-refractivity contribution in [3.63, 3.8) is 0 Å². The van der Waals surface area contributed by atoms with E-state index in [-0.39, 0.29) is 5.78 Å². The predicted molar refractivity (Wildman–Crippen MR) is 94.4 cm³/mol. The Kier molecular flexibility index (Phi) is 7.78. The van der Waals surface area contributed by atoms with Gasteiger partial charge in [0.25, 0.3) is 0 Å². The molecule has 0 atom stereocenters. The predicted octanol–water partition coefficient (Wildman–Crippen LogP) is 3.74. The second-order valence-electron chi connectivity index (χ2n) is 5.41. The highest BCUT2D eigenvalue weighted by Crippen LogP contribution is 2.33. The van der Waals surface area contributed by atoms with Crippen LogP contribution in [0.4, 0.5) is 11.4 Å². The molecule has 4 heteroatoms. The summed E-state index contributed by atoms with van der Waals surface area (Å²) < 4.78 is 5.39. The average Bonchev–Trinajstić information content (AvgIpc) is 2.53. The van der Waals surface area contributed by atoms with Gasteiger partial charge in [0.15, 0.2) is 0 Å². The summed E-state index contributed by atoms with van der Waals surface area (Å²) >= 11 is 0. The Morgan fingerprint density at radius 2 is 1.68 bits per heavy atom. The Morgan fingerprint density at radius 3 is 2.18 bits per heavy atom. The first-order valence-electron chi connectivity index (χ1n) is 8.24. The fourth-order valence-electron chi connectivity index (χ4n) is 2.68. The van der Waals surface area contributed by atoms with Crippen molar-refractivity contribution in [3.05, 3.63) is 18.2 Å². The maximum absolute atomic E-state index is 11.2. The largest absolute Gasteiger partial charge is 0.497 e. The molecule has 0 aliphatic rings. The molecule has 0 aliphatic carbocycles. The number of benzene rings is 1. The van der Waals surface area contributed by atoms with Crippen LogP contribution in [0.1, 0.15) is 40.5 Å². The molecule has 1 aromatic carbocycles. The second-order valence-corrected chi connectivity index (χ2v) is 5.41. The van der Waals surface area contributed by atoms with E-state index < -0.39 is 0 Å². The Labute approximate surface area is 135 Å². The number of methoxy groups -OCH3 is 1. The molecule has 0 aliphatic heterocycles. The molecule has 0 aromatic heterocycles. The van der Waals surface area contributed by atoms with Gasteiger partial charge >= 0.3 is 0 Å². The molecule has 0 spiro atoms. The fourth-order valence-corrected chi connectivity index (χ4v) is 2.68. The number of hydrogen-bond donors (Lipinski definition) is 0. The van der Waals surface area contributed by atoms with Crippen molar-refractivity contribution >= 4 is 17.2 Å². The highest BCUT2D eigenvalue weighted by atomic mass is 16.5. The monoisotopic (exact) mass is 306 g/mol. The van der Waals surface area contributed by atoms with Crippen molar-refractivity contribution in [2.75, 3.05) is 43.1 Å². The Hall–Kier alpha value is -1.71. The molecular weight excluding hydrogens is 276 g/mol. The standard InChI is InChI=1S/C18H30N2O2/c1-6-19(7-2)17-12-11-16(22-5)14-18(17)20(8-3)13-9-10-15(4)21/h11-12,14H,6-10,13H2,1-5H3. The molecule has 0 bridgehead atoms. The molecular formula is C18H30N2O2. The number of hydrogen-bond acceptors (Lipinski definition) is 4. The summed E-state index contributed by atoms with van der Waals surface area (Å²) in [5, 5.41) is 0. The molecule has 0 radical (unpaired) electrons. The second kappa shape index (κ2) is 9.34. The van der Waals surface area contributed by atoms with Crippen molar-refractivity contribution in [2.45, 2.75) is 40.5 Å². The highest BCUT2D eigenvalue weighted by molar-refractivity contribution is 5.76. The lowest BCUT2D eigenvalue weighted by atomic mass is 10.1. The summed E-state index contributed by atoms with van der Waals surface area (Å²) in [4.78, 5) is 15.9. The third-order valence-electron chi connectivity index (χ3n) is 3.97. The van der Waals surface area contributed by atoms with Crippen LogP contribution in [0.15, 0.2) is 18.2 Å². The van der Waals surface area contributed by atoms with E-state index in [4.69, 9.17) is 4.74 Å². The lowest BCUT2D eigenvalue weighted by Gasteiger charge is -2.31. The number of anilines is 2. The van der Waals surface area contributed by atoms with Crippen LogP contribution < -0.4 is 14.5 Å². The molecule has 0 fully saturated rings. The van der Waals surface area contributed by atoms with E-state index in [1.54, 1.807) is 14.0 Å². The van der Waals surface area contributed by atoms with Crippen LogP contribution in [-0.2, 0) is 4.79 Å². The van der Waals surface area contributed by atoms with Gasteiger partial charge in [-0.1, -0.05) is 0 Å². The van der Waals surface area contributed by atoms with Gasteiger partial charge in [-0.05, 0) is 46.2 Å². The quantitative estimate of drug-likeness (QED) is 0.659. The van der Waals surface area contributed by atoms with Crippen LogP contribution in [0.25, 0.3) is 0 Å². The molecule has 0 N–H and O–H groups in total. The highest BCUT2D eigenvalue weighted by Gasteiger charge is 2.15. The van der Waals surface area contributed by atoms with E-state index in [2.05, 4.69) is 42.7 Å². The number of ketones is 1. The van der Waals surface area contributed by atoms with Crippen LogP contribution in [0.3, 0.4) is 0 Å². The topological polar surface area (TPSA) is 32.8 Å². The van der Waals surface area contributed by atoms with Crippen molar-refractivity contribution in [1.29, 1.82) is 0 Å². The maximum atomic E-state index is 11.2. The molecule has 4 nitrogen and oxygen atoms in total. The van der Waals surface area contributed by atoms with Gasteiger partial charge in [-0.15, -0.1) is 0 Å². The summed E-state index contributed by atoms with van der Waals surface area (Å²) in [6.45, 7) is 11.9. The van der Waals surface area contributed by atoms with Crippen LogP contribution in [0, 0.1) is 0 Å². The third-order valence-corrected chi connectivity index (χ3v) is 3.97. The Bertz CT molecular complexity index is 470. The number of carbonyl (C=O) groups excluding carboxylic acids is 1. The van der Waals surface area contributed by atoms with Gasteiger partial charge in [-0.3, -0.25) is 0 Å². The van der Waals surface area contributed by atoms with E-state index >= 15 is 0 Å². The minimum atomic E-state index is 0.255. The lowest BCUT2D eigenvalue weighted by Crippen LogP contribution is -2.29. The van der Waals surface area contributed by atoms with E-state index in [9.17, 15) is 4.79 Å². The maximum Gasteiger partial charge on any atom is 0.129 e. The van der Waals surface area contributed by atoms with E-state index in [1.165, 1.54) is 11.4 Å². The molecule has 0 amide bonds. The first-order chi connectivity index (χ1) is 10.6. The molecule has 124 valence electrons. The minimum absolute atomic E-state index is 0.255. The van der Waals surface area contributed by atoms with E-state index in [0.29, 0.717) is 6.42 Å². The summed E-state index contributed by atoms with van der Waals surface area (Å²) in [6.07, 6.45) is 1.53. The van der Waals surface area contributed by atoms with Crippen molar-refractivity contribution < 1.29 is 9.53 Å². The van der Waals surface area contributed by atoms with Crippen LogP contribution in [0.2, 0.25) is 0 Å². The normalized spacial score (nSPS) is 10.4. The molecule has 0 unspecified atom stereocenters. The van der Waals surface area contributed by atoms with Gasteiger partial charge in [0, 0.05) is 38.7 Å². The molecule has 1 aromatic rings. The number of carbonyl (C=O) groups is 1. The van der Waals surface area contributed by atoms with E-state index in [1.807, 2.05) is 6.07 Å². The number of rotatable bonds is 10. The van der Waals surface area contributed by atoms with E-state index in [0.717, 1.165) is 38.3 Å². The molecule has 0 heterocycles. The van der Waals surface area contributed by atoms with Crippen molar-refractivity contribution in [2.24, 2.45) is 0 Å². The van der Waals surface area contributed by atoms with Crippen molar-refractivity contribution in [1.82, 2.24) is 0 Å². The minimum Gasteiger partial charge on any atom is -0.497 e. The van der Waals surface area contributed by atoms with Gasteiger partial charge in [0.1, 0.15) is 11.5 Å². The molecule has 0 saturated carbocycles.